The lowest BCUT2D eigenvalue weighted by atomic mass is 9.81. The van der Waals surface area contributed by atoms with Gasteiger partial charge in [-0.2, -0.15) is 0 Å². The number of hydrogen-bond donors (Lipinski definition) is 2. The first-order chi connectivity index (χ1) is 15.1. The van der Waals surface area contributed by atoms with Gasteiger partial charge in [-0.1, -0.05) is 12.8 Å². The van der Waals surface area contributed by atoms with E-state index in [1.165, 1.54) is 28.2 Å². The van der Waals surface area contributed by atoms with Crippen molar-refractivity contribution in [3.63, 3.8) is 0 Å². The lowest BCUT2D eigenvalue weighted by Gasteiger charge is -2.25. The van der Waals surface area contributed by atoms with E-state index in [0.29, 0.717) is 6.54 Å². The van der Waals surface area contributed by atoms with Crippen molar-refractivity contribution in [1.82, 2.24) is 10.2 Å². The quantitative estimate of drug-likeness (QED) is 0.608. The molecule has 7 heteroatoms. The van der Waals surface area contributed by atoms with Crippen LogP contribution in [0.2, 0.25) is 0 Å². The van der Waals surface area contributed by atoms with Crippen LogP contribution >= 0.6 is 0 Å². The first-order valence-electron chi connectivity index (χ1n) is 11.7. The second-order valence-corrected chi connectivity index (χ2v) is 9.07. The van der Waals surface area contributed by atoms with E-state index in [-0.39, 0.29) is 48.6 Å². The Morgan fingerprint density at radius 1 is 1.06 bits per heavy atom. The van der Waals surface area contributed by atoms with Gasteiger partial charge < -0.3 is 15.0 Å². The molecule has 0 bridgehead atoms. The molecule has 2 aliphatic heterocycles. The van der Waals surface area contributed by atoms with E-state index in [2.05, 4.69) is 17.4 Å². The van der Waals surface area contributed by atoms with Crippen LogP contribution in [0.4, 0.5) is 0 Å². The molecule has 3 atom stereocenters. The van der Waals surface area contributed by atoms with Crippen molar-refractivity contribution >= 4 is 17.7 Å². The molecule has 3 amide bonds. The average molecular weight is 429 g/mol. The molecular weight excluding hydrogens is 394 g/mol. The van der Waals surface area contributed by atoms with Gasteiger partial charge in [0, 0.05) is 31.4 Å². The third-order valence-electron chi connectivity index (χ3n) is 7.25. The summed E-state index contributed by atoms with van der Waals surface area (Å²) in [5.41, 5.74) is 1.19. The minimum Gasteiger partial charge on any atom is -0.497 e. The summed E-state index contributed by atoms with van der Waals surface area (Å²) in [5, 5.41) is 3.06. The van der Waals surface area contributed by atoms with E-state index in [1.54, 1.807) is 7.11 Å². The molecule has 3 fully saturated rings. The van der Waals surface area contributed by atoms with Gasteiger partial charge in [-0.25, -0.2) is 0 Å². The van der Waals surface area contributed by atoms with Crippen molar-refractivity contribution < 1.29 is 24.0 Å². The fourth-order valence-corrected chi connectivity index (χ4v) is 5.48. The molecule has 3 aliphatic rings. The Morgan fingerprint density at radius 2 is 1.68 bits per heavy atom. The molecule has 7 nitrogen and oxygen atoms in total. The third kappa shape index (κ3) is 4.76. The smallest absolute Gasteiger partial charge is 0.233 e. The Morgan fingerprint density at radius 3 is 2.26 bits per heavy atom. The molecule has 1 saturated carbocycles. The van der Waals surface area contributed by atoms with Crippen LogP contribution in [-0.4, -0.2) is 55.9 Å². The van der Waals surface area contributed by atoms with E-state index in [0.717, 1.165) is 44.5 Å². The van der Waals surface area contributed by atoms with E-state index in [4.69, 9.17) is 4.74 Å². The van der Waals surface area contributed by atoms with Gasteiger partial charge in [-0.05, 0) is 37.1 Å². The molecule has 1 aromatic rings. The number of rotatable bonds is 8. The van der Waals surface area contributed by atoms with Gasteiger partial charge in [0.2, 0.25) is 17.7 Å². The van der Waals surface area contributed by atoms with E-state index in [1.807, 2.05) is 12.1 Å². The molecule has 0 unspecified atom stereocenters. The normalized spacial score (nSPS) is 24.9. The van der Waals surface area contributed by atoms with Crippen LogP contribution in [0.3, 0.4) is 0 Å². The zero-order valence-corrected chi connectivity index (χ0v) is 18.4. The van der Waals surface area contributed by atoms with Gasteiger partial charge in [0.25, 0.3) is 0 Å². The van der Waals surface area contributed by atoms with Crippen molar-refractivity contribution in [3.05, 3.63) is 29.8 Å². The number of benzene rings is 1. The summed E-state index contributed by atoms with van der Waals surface area (Å²) < 4.78 is 5.27. The zero-order chi connectivity index (χ0) is 21.8. The highest BCUT2D eigenvalue weighted by Gasteiger charge is 2.47. The first-order valence-corrected chi connectivity index (χ1v) is 11.7. The summed E-state index contributed by atoms with van der Waals surface area (Å²) in [4.78, 5) is 40.6. The predicted molar refractivity (Wildman–Crippen MR) is 115 cm³/mol. The van der Waals surface area contributed by atoms with E-state index < -0.39 is 0 Å². The largest absolute Gasteiger partial charge is 0.497 e. The van der Waals surface area contributed by atoms with Gasteiger partial charge in [-0.3, -0.25) is 19.3 Å². The molecule has 2 heterocycles. The third-order valence-corrected chi connectivity index (χ3v) is 7.25. The standard InChI is InChI=1S/C24H33N3O4/c1-31-18-10-8-17(9-11-18)21(26-13-4-5-14-26)16-25-22(28)12-15-27-23(29)19-6-2-3-7-20(19)24(27)30/h8-11,19-21H,2-7,12-16H2,1H3,(H,25,28)/p+1/t19-,20+,21-/m1/s1. The Hall–Kier alpha value is -2.41. The monoisotopic (exact) mass is 428 g/mol. The van der Waals surface area contributed by atoms with Gasteiger partial charge in [0.05, 0.1) is 38.6 Å². The van der Waals surface area contributed by atoms with Crippen molar-refractivity contribution in [3.8, 4) is 5.75 Å². The van der Waals surface area contributed by atoms with Gasteiger partial charge in [0.1, 0.15) is 11.8 Å². The molecule has 0 aromatic heterocycles. The molecule has 31 heavy (non-hydrogen) atoms. The number of nitrogens with one attached hydrogen (secondary N) is 2. The number of likely N-dealkylation sites (tertiary alicyclic amines) is 2. The molecule has 0 radical (unpaired) electrons. The van der Waals surface area contributed by atoms with Crippen LogP contribution in [0, 0.1) is 11.8 Å². The fourth-order valence-electron chi connectivity index (χ4n) is 5.48. The number of carbonyl (C=O) groups is 3. The minimum atomic E-state index is -0.150. The molecule has 1 aromatic carbocycles. The van der Waals surface area contributed by atoms with E-state index >= 15 is 0 Å². The van der Waals surface area contributed by atoms with Gasteiger partial charge in [0.15, 0.2) is 0 Å². The second-order valence-electron chi connectivity index (χ2n) is 9.07. The number of carbonyl (C=O) groups excluding carboxylic acids is 3. The van der Waals surface area contributed by atoms with Crippen LogP contribution in [0.15, 0.2) is 24.3 Å². The summed E-state index contributed by atoms with van der Waals surface area (Å²) in [5.74, 6) is 0.279. The Bertz CT molecular complexity index is 780. The lowest BCUT2D eigenvalue weighted by Crippen LogP contribution is -3.11. The number of quaternary nitrogens is 1. The fraction of sp³-hybridized carbons (Fsp3) is 0.625. The number of hydrogen-bond acceptors (Lipinski definition) is 4. The van der Waals surface area contributed by atoms with Crippen LogP contribution in [0.1, 0.15) is 56.6 Å². The number of methoxy groups -OCH3 is 1. The molecule has 4 rings (SSSR count). The molecule has 168 valence electrons. The van der Waals surface area contributed by atoms with Crippen molar-refractivity contribution in [1.29, 1.82) is 0 Å². The number of ether oxygens (including phenoxy) is 1. The SMILES string of the molecule is COc1ccc([C@@H](CNC(=O)CCN2C(=O)[C@H]3CCCC[C@H]3C2=O)[NH+]2CCCC2)cc1. The van der Waals surface area contributed by atoms with Crippen LogP contribution in [0.25, 0.3) is 0 Å². The number of nitrogens with zero attached hydrogens (tertiary/aromatic N) is 1. The van der Waals surface area contributed by atoms with Gasteiger partial charge >= 0.3 is 0 Å². The lowest BCUT2D eigenvalue weighted by molar-refractivity contribution is -0.918. The number of amides is 3. The highest BCUT2D eigenvalue weighted by molar-refractivity contribution is 6.05. The summed E-state index contributed by atoms with van der Waals surface area (Å²) in [6.07, 6.45) is 6.22. The maximum atomic E-state index is 12.6. The summed E-state index contributed by atoms with van der Waals surface area (Å²) in [7, 11) is 1.66. The van der Waals surface area contributed by atoms with Gasteiger partial charge in [-0.15, -0.1) is 0 Å². The molecule has 2 N–H and O–H groups in total. The molecule has 0 spiro atoms. The van der Waals surface area contributed by atoms with Crippen molar-refractivity contribution in [2.45, 2.75) is 51.0 Å². The highest BCUT2D eigenvalue weighted by atomic mass is 16.5. The topological polar surface area (TPSA) is 80.2 Å². The zero-order valence-electron chi connectivity index (χ0n) is 18.4. The molecule has 1 aliphatic carbocycles. The van der Waals surface area contributed by atoms with Crippen molar-refractivity contribution in [2.75, 3.05) is 33.3 Å². The van der Waals surface area contributed by atoms with Crippen LogP contribution in [-0.2, 0) is 14.4 Å². The maximum absolute atomic E-state index is 12.6. The first kappa shape index (κ1) is 21.8. The average Bonchev–Trinajstić information content (AvgIpc) is 3.41. The number of fused-ring (bicyclic) bond motifs is 1. The summed E-state index contributed by atoms with van der Waals surface area (Å²) in [6, 6.07) is 8.26. The Kier molecular flexibility index (Phi) is 6.90. The number of imide groups is 1. The Labute approximate surface area is 184 Å². The molecule has 2 saturated heterocycles. The van der Waals surface area contributed by atoms with Crippen molar-refractivity contribution in [2.24, 2.45) is 11.8 Å². The Balaban J connectivity index is 1.32. The van der Waals surface area contributed by atoms with E-state index in [9.17, 15) is 14.4 Å². The predicted octanol–water partition coefficient (Wildman–Crippen LogP) is 1.10. The second kappa shape index (κ2) is 9.81. The minimum absolute atomic E-state index is 0.0693. The van der Waals surface area contributed by atoms with Crippen LogP contribution in [0.5, 0.6) is 5.75 Å². The molecular formula is C24H34N3O4+. The summed E-state index contributed by atoms with van der Waals surface area (Å²) in [6.45, 7) is 2.95. The highest BCUT2D eigenvalue weighted by Crippen LogP contribution is 2.37. The summed E-state index contributed by atoms with van der Waals surface area (Å²) >= 11 is 0. The van der Waals surface area contributed by atoms with Crippen LogP contribution < -0.4 is 15.0 Å². The maximum Gasteiger partial charge on any atom is 0.233 e.